The Balaban J connectivity index is 1.77. The molecule has 1 amide bonds. The van der Waals surface area contributed by atoms with Crippen molar-refractivity contribution in [2.75, 3.05) is 6.54 Å². The van der Waals surface area contributed by atoms with Crippen LogP contribution >= 0.6 is 0 Å². The zero-order chi connectivity index (χ0) is 17.8. The minimum atomic E-state index is -0.425. The van der Waals surface area contributed by atoms with Crippen molar-refractivity contribution in [1.82, 2.24) is 9.47 Å². The molecule has 0 spiro atoms. The summed E-state index contributed by atoms with van der Waals surface area (Å²) in [6, 6.07) is 10.5. The highest BCUT2D eigenvalue weighted by Gasteiger charge is 2.28. The monoisotopic (exact) mass is 341 g/mol. The Morgan fingerprint density at radius 3 is 2.60 bits per heavy atom. The molecular weight excluding hydrogens is 318 g/mol. The molecule has 1 unspecified atom stereocenters. The van der Waals surface area contributed by atoms with Gasteiger partial charge in [0.1, 0.15) is 0 Å². The maximum absolute atomic E-state index is 12.9. The zero-order valence-corrected chi connectivity index (χ0v) is 14.4. The van der Waals surface area contributed by atoms with Crippen LogP contribution in [0.4, 0.5) is 5.69 Å². The molecule has 1 aromatic carbocycles. The molecular formula is C19H23N3O3. The summed E-state index contributed by atoms with van der Waals surface area (Å²) in [6.45, 7) is 0.766. The lowest BCUT2D eigenvalue weighted by atomic mass is 10.0. The van der Waals surface area contributed by atoms with E-state index in [2.05, 4.69) is 10.6 Å². The van der Waals surface area contributed by atoms with Crippen molar-refractivity contribution in [2.24, 2.45) is 7.05 Å². The van der Waals surface area contributed by atoms with E-state index >= 15 is 0 Å². The first kappa shape index (κ1) is 17.2. The number of aromatic nitrogens is 1. The molecule has 1 atom stereocenters. The predicted octanol–water partition coefficient (Wildman–Crippen LogP) is 3.62. The fourth-order valence-electron chi connectivity index (χ4n) is 3.55. The highest BCUT2D eigenvalue weighted by molar-refractivity contribution is 5.79. The molecule has 1 aliphatic heterocycles. The summed E-state index contributed by atoms with van der Waals surface area (Å²) < 4.78 is 2.09. The number of nitro benzene ring substituents is 1. The van der Waals surface area contributed by atoms with Crippen LogP contribution in [0.15, 0.2) is 42.6 Å². The molecule has 2 aromatic rings. The van der Waals surface area contributed by atoms with Crippen molar-refractivity contribution < 1.29 is 9.72 Å². The van der Waals surface area contributed by atoms with E-state index in [9.17, 15) is 14.9 Å². The zero-order valence-electron chi connectivity index (χ0n) is 14.4. The fraction of sp³-hybridized carbons (Fsp3) is 0.421. The van der Waals surface area contributed by atoms with Crippen LogP contribution in [0.1, 0.15) is 43.0 Å². The summed E-state index contributed by atoms with van der Waals surface area (Å²) in [5.74, 6) is 0.0851. The molecule has 132 valence electrons. The number of carbonyl (C=O) groups is 1. The fourth-order valence-corrected chi connectivity index (χ4v) is 3.55. The second kappa shape index (κ2) is 7.51. The molecule has 6 nitrogen and oxygen atoms in total. The number of non-ortho nitro benzene ring substituents is 1. The molecule has 6 heteroatoms. The molecule has 1 aromatic heterocycles. The average molecular weight is 341 g/mol. The smallest absolute Gasteiger partial charge is 0.269 e. The third-order valence-corrected chi connectivity index (χ3v) is 4.90. The summed E-state index contributed by atoms with van der Waals surface area (Å²) in [5.41, 5.74) is 2.03. The molecule has 2 heterocycles. The molecule has 0 bridgehead atoms. The van der Waals surface area contributed by atoms with Crippen LogP contribution in [-0.2, 0) is 18.3 Å². The van der Waals surface area contributed by atoms with Gasteiger partial charge in [-0.25, -0.2) is 0 Å². The Bertz CT molecular complexity index is 752. The van der Waals surface area contributed by atoms with Gasteiger partial charge in [-0.2, -0.15) is 0 Å². The topological polar surface area (TPSA) is 68.4 Å². The van der Waals surface area contributed by atoms with Gasteiger partial charge in [0, 0.05) is 37.6 Å². The van der Waals surface area contributed by atoms with Crippen LogP contribution in [-0.4, -0.2) is 26.8 Å². The number of amides is 1. The SMILES string of the molecule is Cn1cccc1C1CCCCCN1C(=O)Cc1ccc([N+](=O)[O-])cc1. The number of likely N-dealkylation sites (tertiary alicyclic amines) is 1. The highest BCUT2D eigenvalue weighted by Crippen LogP contribution is 2.30. The maximum atomic E-state index is 12.9. The van der Waals surface area contributed by atoms with E-state index in [0.717, 1.165) is 37.8 Å². The highest BCUT2D eigenvalue weighted by atomic mass is 16.6. The van der Waals surface area contributed by atoms with E-state index in [-0.39, 0.29) is 24.1 Å². The van der Waals surface area contributed by atoms with Crippen molar-refractivity contribution in [3.8, 4) is 0 Å². The lowest BCUT2D eigenvalue weighted by Gasteiger charge is -2.31. The van der Waals surface area contributed by atoms with E-state index in [1.807, 2.05) is 24.2 Å². The summed E-state index contributed by atoms with van der Waals surface area (Å²) in [5, 5.41) is 10.8. The summed E-state index contributed by atoms with van der Waals surface area (Å²) in [6.07, 6.45) is 6.55. The lowest BCUT2D eigenvalue weighted by molar-refractivity contribution is -0.384. The van der Waals surface area contributed by atoms with Crippen LogP contribution < -0.4 is 0 Å². The van der Waals surface area contributed by atoms with Gasteiger partial charge >= 0.3 is 0 Å². The van der Waals surface area contributed by atoms with E-state index in [1.54, 1.807) is 12.1 Å². The van der Waals surface area contributed by atoms with Crippen molar-refractivity contribution in [3.63, 3.8) is 0 Å². The number of hydrogen-bond acceptors (Lipinski definition) is 3. The van der Waals surface area contributed by atoms with Crippen LogP contribution in [0.3, 0.4) is 0 Å². The second-order valence-corrected chi connectivity index (χ2v) is 6.60. The third kappa shape index (κ3) is 3.90. The first-order valence-corrected chi connectivity index (χ1v) is 8.70. The van der Waals surface area contributed by atoms with Crippen LogP contribution in [0.5, 0.6) is 0 Å². The molecule has 1 fully saturated rings. The Morgan fingerprint density at radius 1 is 1.20 bits per heavy atom. The van der Waals surface area contributed by atoms with Gasteiger partial charge in [0.05, 0.1) is 17.4 Å². The van der Waals surface area contributed by atoms with Crippen LogP contribution in [0.25, 0.3) is 0 Å². The first-order valence-electron chi connectivity index (χ1n) is 8.70. The second-order valence-electron chi connectivity index (χ2n) is 6.60. The van der Waals surface area contributed by atoms with Gasteiger partial charge in [-0.15, -0.1) is 0 Å². The summed E-state index contributed by atoms with van der Waals surface area (Å²) in [7, 11) is 2.01. The minimum absolute atomic E-state index is 0.0488. The van der Waals surface area contributed by atoms with Gasteiger partial charge in [0.25, 0.3) is 5.69 Å². The summed E-state index contributed by atoms with van der Waals surface area (Å²) in [4.78, 5) is 25.3. The first-order chi connectivity index (χ1) is 12.1. The number of rotatable bonds is 4. The number of carbonyl (C=O) groups excluding carboxylic acids is 1. The van der Waals surface area contributed by atoms with Crippen molar-refractivity contribution in [2.45, 2.75) is 38.1 Å². The minimum Gasteiger partial charge on any atom is -0.353 e. The van der Waals surface area contributed by atoms with E-state index in [1.165, 1.54) is 17.8 Å². The molecule has 1 aliphatic rings. The van der Waals surface area contributed by atoms with E-state index in [4.69, 9.17) is 0 Å². The molecule has 1 saturated heterocycles. The van der Waals surface area contributed by atoms with Crippen LogP contribution in [0, 0.1) is 10.1 Å². The molecule has 0 aliphatic carbocycles. The van der Waals surface area contributed by atoms with Gasteiger partial charge in [0.2, 0.25) is 5.91 Å². The van der Waals surface area contributed by atoms with Crippen LogP contribution in [0.2, 0.25) is 0 Å². The largest absolute Gasteiger partial charge is 0.353 e. The number of benzene rings is 1. The Hall–Kier alpha value is -2.63. The molecule has 0 saturated carbocycles. The molecule has 3 rings (SSSR count). The number of nitrogens with zero attached hydrogens (tertiary/aromatic N) is 3. The van der Waals surface area contributed by atoms with Crippen molar-refractivity contribution in [3.05, 3.63) is 64.0 Å². The number of nitro groups is 1. The van der Waals surface area contributed by atoms with Gasteiger partial charge in [-0.05, 0) is 30.5 Å². The van der Waals surface area contributed by atoms with Crippen molar-refractivity contribution in [1.29, 1.82) is 0 Å². The van der Waals surface area contributed by atoms with Gasteiger partial charge in [0.15, 0.2) is 0 Å². The molecule has 0 radical (unpaired) electrons. The Labute approximate surface area is 147 Å². The quantitative estimate of drug-likeness (QED) is 0.630. The predicted molar refractivity (Wildman–Crippen MR) is 95.1 cm³/mol. The van der Waals surface area contributed by atoms with Gasteiger partial charge in [-0.3, -0.25) is 14.9 Å². The normalized spacial score (nSPS) is 18.0. The maximum Gasteiger partial charge on any atom is 0.269 e. The van der Waals surface area contributed by atoms with E-state index < -0.39 is 4.92 Å². The van der Waals surface area contributed by atoms with E-state index in [0.29, 0.717) is 0 Å². The summed E-state index contributed by atoms with van der Waals surface area (Å²) >= 11 is 0. The number of aryl methyl sites for hydroxylation is 1. The Kier molecular flexibility index (Phi) is 5.16. The standard InChI is InChI=1S/C19H23N3O3/c1-20-12-5-7-17(20)18-6-3-2-4-13-21(18)19(23)14-15-8-10-16(11-9-15)22(24)25/h5,7-12,18H,2-4,6,13-14H2,1H3. The number of hydrogen-bond donors (Lipinski definition) is 0. The van der Waals surface area contributed by atoms with Gasteiger partial charge < -0.3 is 9.47 Å². The molecule has 0 N–H and O–H groups in total. The Morgan fingerprint density at radius 2 is 1.96 bits per heavy atom. The van der Waals surface area contributed by atoms with Crippen molar-refractivity contribution >= 4 is 11.6 Å². The van der Waals surface area contributed by atoms with Gasteiger partial charge in [-0.1, -0.05) is 25.0 Å². The molecule has 25 heavy (non-hydrogen) atoms. The third-order valence-electron chi connectivity index (χ3n) is 4.90. The lowest BCUT2D eigenvalue weighted by Crippen LogP contribution is -2.36. The average Bonchev–Trinajstić information content (AvgIpc) is 2.87.